The number of fused-ring (bicyclic) bond motifs is 1. The predicted molar refractivity (Wildman–Crippen MR) is 93.4 cm³/mol. The second-order valence-electron chi connectivity index (χ2n) is 6.14. The topological polar surface area (TPSA) is 46.0 Å². The zero-order valence-electron chi connectivity index (χ0n) is 13.6. The molecule has 1 N–H and O–H groups in total. The Labute approximate surface area is 135 Å². The highest BCUT2D eigenvalue weighted by Gasteiger charge is 2.19. The van der Waals surface area contributed by atoms with Gasteiger partial charge < -0.3 is 5.32 Å². The summed E-state index contributed by atoms with van der Waals surface area (Å²) in [6.07, 6.45) is 5.20. The number of nitrogens with one attached hydrogen (secondary N) is 1. The molecule has 0 aliphatic carbocycles. The quantitative estimate of drug-likeness (QED) is 0.805. The molecule has 0 saturated carbocycles. The van der Waals surface area contributed by atoms with Gasteiger partial charge in [-0.25, -0.2) is 4.98 Å². The number of anilines is 1. The van der Waals surface area contributed by atoms with Crippen LogP contribution in [0, 0.1) is 0 Å². The molecule has 1 saturated heterocycles. The molecule has 1 aliphatic heterocycles. The Morgan fingerprint density at radius 2 is 2.00 bits per heavy atom. The summed E-state index contributed by atoms with van der Waals surface area (Å²) < 4.78 is 2.00. The Morgan fingerprint density at radius 3 is 2.74 bits per heavy atom. The van der Waals surface area contributed by atoms with Crippen molar-refractivity contribution >= 4 is 16.6 Å². The van der Waals surface area contributed by atoms with Gasteiger partial charge in [0.1, 0.15) is 5.82 Å². The predicted octanol–water partition coefficient (Wildman–Crippen LogP) is 2.88. The molecular formula is C18H21N5. The van der Waals surface area contributed by atoms with Gasteiger partial charge in [-0.2, -0.15) is 5.10 Å². The summed E-state index contributed by atoms with van der Waals surface area (Å²) in [6.45, 7) is 3.36. The minimum Gasteiger partial charge on any atom is -0.373 e. The van der Waals surface area contributed by atoms with Crippen molar-refractivity contribution in [3.8, 4) is 11.1 Å². The number of nitrogens with zero attached hydrogens (tertiary/aromatic N) is 4. The molecular weight excluding hydrogens is 286 g/mol. The minimum atomic E-state index is 0.890. The molecule has 3 aromatic rings. The van der Waals surface area contributed by atoms with Gasteiger partial charge in [-0.1, -0.05) is 12.1 Å². The molecule has 0 unspecified atom stereocenters. The van der Waals surface area contributed by atoms with Gasteiger partial charge in [0.2, 0.25) is 0 Å². The van der Waals surface area contributed by atoms with E-state index in [0.29, 0.717) is 0 Å². The number of benzene rings is 1. The number of likely N-dealkylation sites (tertiary alicyclic amines) is 1. The number of rotatable bonds is 4. The van der Waals surface area contributed by atoms with E-state index in [4.69, 9.17) is 0 Å². The molecule has 0 amide bonds. The van der Waals surface area contributed by atoms with Gasteiger partial charge in [0, 0.05) is 37.8 Å². The summed E-state index contributed by atoms with van der Waals surface area (Å²) in [5.41, 5.74) is 3.73. The van der Waals surface area contributed by atoms with E-state index in [1.54, 1.807) is 0 Å². The van der Waals surface area contributed by atoms with Gasteiger partial charge in [0.15, 0.2) is 0 Å². The van der Waals surface area contributed by atoms with Gasteiger partial charge in [-0.15, -0.1) is 0 Å². The van der Waals surface area contributed by atoms with Crippen molar-refractivity contribution in [1.82, 2.24) is 19.7 Å². The maximum absolute atomic E-state index is 4.48. The second kappa shape index (κ2) is 5.66. The molecule has 23 heavy (non-hydrogen) atoms. The van der Waals surface area contributed by atoms with Crippen molar-refractivity contribution in [2.24, 2.45) is 7.05 Å². The molecule has 5 nitrogen and oxygen atoms in total. The van der Waals surface area contributed by atoms with Crippen LogP contribution in [0.15, 0.2) is 36.7 Å². The normalized spacial score (nSPS) is 14.9. The van der Waals surface area contributed by atoms with Crippen LogP contribution in [0.2, 0.25) is 0 Å². The number of aryl methyl sites for hydroxylation is 1. The summed E-state index contributed by atoms with van der Waals surface area (Å²) in [5.74, 6) is 0.890. The summed E-state index contributed by atoms with van der Waals surface area (Å²) in [6, 6.07) is 8.62. The lowest BCUT2D eigenvalue weighted by Crippen LogP contribution is -2.37. The van der Waals surface area contributed by atoms with Gasteiger partial charge in [0.05, 0.1) is 11.9 Å². The van der Waals surface area contributed by atoms with E-state index in [9.17, 15) is 0 Å². The van der Waals surface area contributed by atoms with Crippen molar-refractivity contribution < 1.29 is 0 Å². The van der Waals surface area contributed by atoms with E-state index in [-0.39, 0.29) is 0 Å². The first-order chi connectivity index (χ1) is 11.2. The average Bonchev–Trinajstić information content (AvgIpc) is 2.90. The van der Waals surface area contributed by atoms with E-state index >= 15 is 0 Å². The highest BCUT2D eigenvalue weighted by molar-refractivity contribution is 5.88. The molecule has 1 aliphatic rings. The Kier molecular flexibility index (Phi) is 3.50. The van der Waals surface area contributed by atoms with Crippen LogP contribution in [0.4, 0.5) is 5.82 Å². The standard InChI is InChI=1S/C18H21N5/c1-19-18-9-15-8-13(4-5-14(15)10-20-18)16-11-21-22(2)17(16)12-23-6-3-7-23/h4-5,8-11H,3,6-7,12H2,1-2H3,(H,19,20). The zero-order valence-corrected chi connectivity index (χ0v) is 13.6. The molecule has 4 rings (SSSR count). The van der Waals surface area contributed by atoms with Gasteiger partial charge in [0.25, 0.3) is 0 Å². The van der Waals surface area contributed by atoms with Crippen LogP contribution >= 0.6 is 0 Å². The molecule has 0 spiro atoms. The molecule has 1 fully saturated rings. The van der Waals surface area contributed by atoms with Gasteiger partial charge >= 0.3 is 0 Å². The van der Waals surface area contributed by atoms with Crippen molar-refractivity contribution in [3.63, 3.8) is 0 Å². The molecule has 0 radical (unpaired) electrons. The van der Waals surface area contributed by atoms with Crippen LogP contribution in [-0.2, 0) is 13.6 Å². The van der Waals surface area contributed by atoms with Gasteiger partial charge in [-0.05, 0) is 42.6 Å². The van der Waals surface area contributed by atoms with E-state index < -0.39 is 0 Å². The summed E-state index contributed by atoms with van der Waals surface area (Å²) in [5, 5.41) is 9.93. The first kappa shape index (κ1) is 14.2. The molecule has 118 valence electrons. The first-order valence-corrected chi connectivity index (χ1v) is 8.06. The lowest BCUT2D eigenvalue weighted by atomic mass is 10.0. The maximum Gasteiger partial charge on any atom is 0.126 e. The SMILES string of the molecule is CNc1cc2cc(-c3cnn(C)c3CN3CCC3)ccc2cn1. The number of hydrogen-bond acceptors (Lipinski definition) is 4. The number of pyridine rings is 1. The third-order valence-electron chi connectivity index (χ3n) is 4.67. The summed E-state index contributed by atoms with van der Waals surface area (Å²) in [7, 11) is 3.92. The minimum absolute atomic E-state index is 0.890. The Hall–Kier alpha value is -2.40. The van der Waals surface area contributed by atoms with Crippen molar-refractivity contribution in [2.45, 2.75) is 13.0 Å². The van der Waals surface area contributed by atoms with E-state index in [2.05, 4.69) is 44.6 Å². The van der Waals surface area contributed by atoms with Crippen molar-refractivity contribution in [2.75, 3.05) is 25.5 Å². The third-order valence-corrected chi connectivity index (χ3v) is 4.67. The molecule has 1 aromatic carbocycles. The summed E-state index contributed by atoms with van der Waals surface area (Å²) >= 11 is 0. The first-order valence-electron chi connectivity index (χ1n) is 8.06. The van der Waals surface area contributed by atoms with E-state index in [0.717, 1.165) is 17.7 Å². The summed E-state index contributed by atoms with van der Waals surface area (Å²) in [4.78, 5) is 6.84. The van der Waals surface area contributed by atoms with Crippen molar-refractivity contribution in [1.29, 1.82) is 0 Å². The fourth-order valence-corrected chi connectivity index (χ4v) is 3.09. The Morgan fingerprint density at radius 1 is 1.13 bits per heavy atom. The van der Waals surface area contributed by atoms with E-state index in [1.165, 1.54) is 41.7 Å². The lowest BCUT2D eigenvalue weighted by molar-refractivity contribution is 0.168. The average molecular weight is 307 g/mol. The van der Waals surface area contributed by atoms with Crippen LogP contribution in [0.1, 0.15) is 12.1 Å². The number of hydrogen-bond donors (Lipinski definition) is 1. The highest BCUT2D eigenvalue weighted by atomic mass is 15.3. The Bertz CT molecular complexity index is 848. The maximum atomic E-state index is 4.48. The smallest absolute Gasteiger partial charge is 0.126 e. The molecule has 2 aromatic heterocycles. The fraction of sp³-hybridized carbons (Fsp3) is 0.333. The monoisotopic (exact) mass is 307 g/mol. The van der Waals surface area contributed by atoms with Crippen LogP contribution in [0.25, 0.3) is 21.9 Å². The largest absolute Gasteiger partial charge is 0.373 e. The van der Waals surface area contributed by atoms with Crippen LogP contribution in [0.3, 0.4) is 0 Å². The fourth-order valence-electron chi connectivity index (χ4n) is 3.09. The second-order valence-corrected chi connectivity index (χ2v) is 6.14. The highest BCUT2D eigenvalue weighted by Crippen LogP contribution is 2.29. The third kappa shape index (κ3) is 2.57. The van der Waals surface area contributed by atoms with Crippen LogP contribution in [-0.4, -0.2) is 39.8 Å². The lowest BCUT2D eigenvalue weighted by Gasteiger charge is -2.30. The van der Waals surface area contributed by atoms with Crippen LogP contribution in [0.5, 0.6) is 0 Å². The molecule has 5 heteroatoms. The molecule has 3 heterocycles. The van der Waals surface area contributed by atoms with Crippen molar-refractivity contribution in [3.05, 3.63) is 42.4 Å². The molecule has 0 atom stereocenters. The Balaban J connectivity index is 1.76. The van der Waals surface area contributed by atoms with Crippen LogP contribution < -0.4 is 5.32 Å². The van der Waals surface area contributed by atoms with Gasteiger partial charge in [-0.3, -0.25) is 9.58 Å². The number of aromatic nitrogens is 3. The molecule has 0 bridgehead atoms. The zero-order chi connectivity index (χ0) is 15.8. The van der Waals surface area contributed by atoms with E-state index in [1.807, 2.05) is 31.2 Å².